The first kappa shape index (κ1) is 10.4. The van der Waals surface area contributed by atoms with Gasteiger partial charge in [0.15, 0.2) is 0 Å². The van der Waals surface area contributed by atoms with Crippen LogP contribution in [-0.2, 0) is 4.74 Å². The van der Waals surface area contributed by atoms with Gasteiger partial charge in [0.05, 0.1) is 6.10 Å². The molecule has 0 aromatic rings. The van der Waals surface area contributed by atoms with E-state index in [-0.39, 0.29) is 0 Å². The lowest BCUT2D eigenvalue weighted by Gasteiger charge is -2.33. The molecule has 0 aromatic carbocycles. The highest BCUT2D eigenvalue weighted by Crippen LogP contribution is 2.35. The second-order valence-corrected chi connectivity index (χ2v) is 4.85. The van der Waals surface area contributed by atoms with Crippen molar-refractivity contribution >= 4 is 0 Å². The van der Waals surface area contributed by atoms with Gasteiger partial charge in [0, 0.05) is 12.5 Å². The van der Waals surface area contributed by atoms with Gasteiger partial charge in [0.2, 0.25) is 0 Å². The molecule has 0 aromatic heterocycles. The van der Waals surface area contributed by atoms with Crippen molar-refractivity contribution in [3.05, 3.63) is 0 Å². The van der Waals surface area contributed by atoms with Crippen molar-refractivity contribution in [2.45, 2.75) is 51.0 Å². The van der Waals surface area contributed by atoms with Crippen molar-refractivity contribution in [3.63, 3.8) is 0 Å². The van der Waals surface area contributed by atoms with E-state index in [2.05, 4.69) is 0 Å². The second kappa shape index (κ2) is 5.13. The third-order valence-electron chi connectivity index (χ3n) is 3.97. The Morgan fingerprint density at radius 3 is 2.36 bits per heavy atom. The maximum absolute atomic E-state index is 5.90. The molecule has 82 valence electrons. The molecule has 1 saturated carbocycles. The van der Waals surface area contributed by atoms with Gasteiger partial charge in [-0.2, -0.15) is 0 Å². The third-order valence-corrected chi connectivity index (χ3v) is 3.97. The molecule has 1 saturated heterocycles. The van der Waals surface area contributed by atoms with Crippen LogP contribution in [0.4, 0.5) is 0 Å². The molecular formula is C12H23NO. The van der Waals surface area contributed by atoms with E-state index in [0.717, 1.165) is 19.1 Å². The van der Waals surface area contributed by atoms with E-state index in [4.69, 9.17) is 10.5 Å². The van der Waals surface area contributed by atoms with Crippen LogP contribution in [0.2, 0.25) is 0 Å². The van der Waals surface area contributed by atoms with Gasteiger partial charge in [-0.25, -0.2) is 0 Å². The molecule has 2 unspecified atom stereocenters. The van der Waals surface area contributed by atoms with Crippen LogP contribution in [-0.4, -0.2) is 19.3 Å². The van der Waals surface area contributed by atoms with Crippen molar-refractivity contribution in [2.75, 3.05) is 13.2 Å². The molecule has 2 atom stereocenters. The van der Waals surface area contributed by atoms with Gasteiger partial charge in [-0.05, 0) is 31.7 Å². The van der Waals surface area contributed by atoms with Gasteiger partial charge < -0.3 is 10.5 Å². The van der Waals surface area contributed by atoms with Gasteiger partial charge in [-0.1, -0.05) is 25.7 Å². The molecule has 2 aliphatic rings. The molecule has 1 heterocycles. The van der Waals surface area contributed by atoms with E-state index in [0.29, 0.717) is 12.0 Å². The predicted octanol–water partition coefficient (Wildman–Crippen LogP) is 2.32. The highest BCUT2D eigenvalue weighted by atomic mass is 16.5. The average molecular weight is 197 g/mol. The molecule has 0 spiro atoms. The smallest absolute Gasteiger partial charge is 0.0618 e. The summed E-state index contributed by atoms with van der Waals surface area (Å²) in [6.45, 7) is 1.79. The lowest BCUT2D eigenvalue weighted by molar-refractivity contribution is -0.0340. The molecule has 1 aliphatic heterocycles. The Labute approximate surface area is 87.2 Å². The van der Waals surface area contributed by atoms with Crippen LogP contribution in [0.15, 0.2) is 0 Å². The molecule has 0 amide bonds. The van der Waals surface area contributed by atoms with Crippen molar-refractivity contribution in [3.8, 4) is 0 Å². The maximum atomic E-state index is 5.90. The van der Waals surface area contributed by atoms with E-state index in [1.165, 1.54) is 44.9 Å². The molecule has 2 rings (SSSR count). The van der Waals surface area contributed by atoms with E-state index in [9.17, 15) is 0 Å². The summed E-state index contributed by atoms with van der Waals surface area (Å²) in [6, 6.07) is 0. The Morgan fingerprint density at radius 2 is 1.79 bits per heavy atom. The molecule has 0 radical (unpaired) electrons. The fourth-order valence-corrected chi connectivity index (χ4v) is 3.14. The van der Waals surface area contributed by atoms with E-state index in [1.54, 1.807) is 0 Å². The molecule has 2 heteroatoms. The first-order chi connectivity index (χ1) is 6.92. The van der Waals surface area contributed by atoms with Crippen LogP contribution >= 0.6 is 0 Å². The van der Waals surface area contributed by atoms with Crippen LogP contribution in [0.25, 0.3) is 0 Å². The van der Waals surface area contributed by atoms with E-state index < -0.39 is 0 Å². The number of ether oxygens (including phenoxy) is 1. The van der Waals surface area contributed by atoms with E-state index >= 15 is 0 Å². The van der Waals surface area contributed by atoms with Crippen LogP contribution < -0.4 is 5.73 Å². The molecule has 0 bridgehead atoms. The Kier molecular flexibility index (Phi) is 3.82. The molecule has 14 heavy (non-hydrogen) atoms. The van der Waals surface area contributed by atoms with Crippen LogP contribution in [0.5, 0.6) is 0 Å². The maximum Gasteiger partial charge on any atom is 0.0618 e. The zero-order valence-corrected chi connectivity index (χ0v) is 9.08. The summed E-state index contributed by atoms with van der Waals surface area (Å²) >= 11 is 0. The summed E-state index contributed by atoms with van der Waals surface area (Å²) < 4.78 is 5.86. The summed E-state index contributed by atoms with van der Waals surface area (Å²) in [7, 11) is 0. The second-order valence-electron chi connectivity index (χ2n) is 4.85. The van der Waals surface area contributed by atoms with Crippen molar-refractivity contribution in [2.24, 2.45) is 17.6 Å². The van der Waals surface area contributed by atoms with Gasteiger partial charge >= 0.3 is 0 Å². The quantitative estimate of drug-likeness (QED) is 0.753. The summed E-state index contributed by atoms with van der Waals surface area (Å²) in [5.41, 5.74) is 5.90. The topological polar surface area (TPSA) is 35.2 Å². The Morgan fingerprint density at radius 1 is 1.07 bits per heavy atom. The predicted molar refractivity (Wildman–Crippen MR) is 58.1 cm³/mol. The van der Waals surface area contributed by atoms with Gasteiger partial charge in [0.25, 0.3) is 0 Å². The lowest BCUT2D eigenvalue weighted by atomic mass is 9.83. The summed E-state index contributed by atoms with van der Waals surface area (Å²) in [6.07, 6.45) is 9.92. The van der Waals surface area contributed by atoms with Crippen molar-refractivity contribution in [1.29, 1.82) is 0 Å². The number of hydrogen-bond acceptors (Lipinski definition) is 2. The largest absolute Gasteiger partial charge is 0.378 e. The number of nitrogens with two attached hydrogens (primary N) is 1. The Hall–Kier alpha value is -0.0800. The summed E-state index contributed by atoms with van der Waals surface area (Å²) in [4.78, 5) is 0. The average Bonchev–Trinajstić information content (AvgIpc) is 2.74. The monoisotopic (exact) mass is 197 g/mol. The Balaban J connectivity index is 1.89. The van der Waals surface area contributed by atoms with Crippen molar-refractivity contribution < 1.29 is 4.74 Å². The minimum absolute atomic E-state index is 0.483. The number of hydrogen-bond donors (Lipinski definition) is 1. The van der Waals surface area contributed by atoms with Crippen molar-refractivity contribution in [1.82, 2.24) is 0 Å². The van der Waals surface area contributed by atoms with Gasteiger partial charge in [0.1, 0.15) is 0 Å². The molecule has 2 fully saturated rings. The van der Waals surface area contributed by atoms with E-state index in [1.807, 2.05) is 0 Å². The molecular weight excluding hydrogens is 174 g/mol. The summed E-state index contributed by atoms with van der Waals surface area (Å²) in [5.74, 6) is 1.51. The number of rotatable bonds is 3. The van der Waals surface area contributed by atoms with Crippen LogP contribution in [0.3, 0.4) is 0 Å². The zero-order valence-electron chi connectivity index (χ0n) is 9.08. The summed E-state index contributed by atoms with van der Waals surface area (Å²) in [5, 5.41) is 0. The first-order valence-electron chi connectivity index (χ1n) is 6.23. The Bertz CT molecular complexity index is 160. The van der Waals surface area contributed by atoms with Gasteiger partial charge in [-0.15, -0.1) is 0 Å². The SMILES string of the molecule is NCC(C1CCCC1)C1CCCCO1. The minimum atomic E-state index is 0.483. The van der Waals surface area contributed by atoms with Gasteiger partial charge in [-0.3, -0.25) is 0 Å². The zero-order chi connectivity index (χ0) is 9.80. The molecule has 1 aliphatic carbocycles. The van der Waals surface area contributed by atoms with Crippen LogP contribution in [0, 0.1) is 11.8 Å². The fraction of sp³-hybridized carbons (Fsp3) is 1.00. The van der Waals surface area contributed by atoms with Crippen LogP contribution in [0.1, 0.15) is 44.9 Å². The highest BCUT2D eigenvalue weighted by Gasteiger charge is 2.31. The standard InChI is InChI=1S/C12H23NO/c13-9-11(10-5-1-2-6-10)12-7-3-4-8-14-12/h10-12H,1-9,13H2. The highest BCUT2D eigenvalue weighted by molar-refractivity contribution is 4.83. The third kappa shape index (κ3) is 2.29. The fourth-order valence-electron chi connectivity index (χ4n) is 3.14. The normalized spacial score (nSPS) is 31.9. The lowest BCUT2D eigenvalue weighted by Crippen LogP contribution is -2.37. The molecule has 2 nitrogen and oxygen atoms in total. The first-order valence-corrected chi connectivity index (χ1v) is 6.23. The minimum Gasteiger partial charge on any atom is -0.378 e. The molecule has 2 N–H and O–H groups in total.